The quantitative estimate of drug-likeness (QED) is 0.562. The fourth-order valence-corrected chi connectivity index (χ4v) is 1.01. The van der Waals surface area contributed by atoms with Crippen molar-refractivity contribution < 1.29 is 9.90 Å². The third kappa shape index (κ3) is 2.62. The summed E-state index contributed by atoms with van der Waals surface area (Å²) in [7, 11) is 0. The summed E-state index contributed by atoms with van der Waals surface area (Å²) in [6.45, 7) is 3.34. The van der Waals surface area contributed by atoms with Crippen LogP contribution < -0.4 is 0 Å². The fourth-order valence-electron chi connectivity index (χ4n) is 1.01. The number of hydrogen-bond acceptors (Lipinski definition) is 1. The first-order chi connectivity index (χ1) is 6.24. The second-order valence-corrected chi connectivity index (χ2v) is 2.62. The first-order valence-electron chi connectivity index (χ1n) is 3.90. The minimum atomic E-state index is -0.959. The number of benzene rings is 1. The number of hydrogen-bond donors (Lipinski definition) is 1. The minimum Gasteiger partial charge on any atom is -0.477 e. The van der Waals surface area contributed by atoms with Gasteiger partial charge in [0.25, 0.3) is 0 Å². The van der Waals surface area contributed by atoms with E-state index in [4.69, 9.17) is 5.11 Å². The van der Waals surface area contributed by atoms with Crippen LogP contribution in [0.1, 0.15) is 5.56 Å². The third-order valence-corrected chi connectivity index (χ3v) is 1.70. The van der Waals surface area contributed by atoms with Crippen LogP contribution in [0.2, 0.25) is 0 Å². The van der Waals surface area contributed by atoms with Gasteiger partial charge in [0.1, 0.15) is 0 Å². The van der Waals surface area contributed by atoms with E-state index in [1.54, 1.807) is 0 Å². The van der Waals surface area contributed by atoms with Crippen LogP contribution in [0, 0.1) is 0 Å². The minimum absolute atomic E-state index is 0.200. The van der Waals surface area contributed by atoms with Crippen LogP contribution in [0.3, 0.4) is 0 Å². The molecule has 0 heterocycles. The van der Waals surface area contributed by atoms with Gasteiger partial charge in [-0.15, -0.1) is 5.73 Å². The van der Waals surface area contributed by atoms with Gasteiger partial charge in [0, 0.05) is 6.42 Å². The Morgan fingerprint density at radius 1 is 1.38 bits per heavy atom. The standard InChI is InChI=1S/C11H10O2/c1-2-10(11(12)13)8-9-6-4-3-5-7-9/h3-7H,1,8H2,(H,12,13). The second kappa shape index (κ2) is 4.29. The summed E-state index contributed by atoms with van der Waals surface area (Å²) < 4.78 is 0. The molecule has 66 valence electrons. The molecule has 0 spiro atoms. The second-order valence-electron chi connectivity index (χ2n) is 2.62. The summed E-state index contributed by atoms with van der Waals surface area (Å²) in [6, 6.07) is 9.39. The van der Waals surface area contributed by atoms with Gasteiger partial charge in [-0.2, -0.15) is 0 Å². The number of carboxylic acid groups (broad SMARTS) is 1. The Morgan fingerprint density at radius 2 is 2.00 bits per heavy atom. The van der Waals surface area contributed by atoms with E-state index in [0.717, 1.165) is 5.56 Å². The van der Waals surface area contributed by atoms with E-state index in [-0.39, 0.29) is 5.57 Å². The Morgan fingerprint density at radius 3 is 2.46 bits per heavy atom. The van der Waals surface area contributed by atoms with Crippen LogP contribution in [0.25, 0.3) is 0 Å². The summed E-state index contributed by atoms with van der Waals surface area (Å²) in [4.78, 5) is 10.6. The molecule has 0 aromatic heterocycles. The van der Waals surface area contributed by atoms with Crippen molar-refractivity contribution in [2.45, 2.75) is 6.42 Å². The molecule has 1 rings (SSSR count). The Bertz CT molecular complexity index is 346. The van der Waals surface area contributed by atoms with Crippen molar-refractivity contribution in [3.63, 3.8) is 0 Å². The molecule has 1 aromatic carbocycles. The fraction of sp³-hybridized carbons (Fsp3) is 0.0909. The number of rotatable bonds is 3. The van der Waals surface area contributed by atoms with E-state index in [1.807, 2.05) is 30.3 Å². The maximum absolute atomic E-state index is 10.6. The van der Waals surface area contributed by atoms with Gasteiger partial charge in [-0.25, -0.2) is 4.79 Å². The van der Waals surface area contributed by atoms with E-state index < -0.39 is 5.97 Å². The highest BCUT2D eigenvalue weighted by Gasteiger charge is 2.05. The lowest BCUT2D eigenvalue weighted by Gasteiger charge is -1.98. The average molecular weight is 174 g/mol. The lowest BCUT2D eigenvalue weighted by atomic mass is 10.1. The molecule has 2 heteroatoms. The molecule has 0 bridgehead atoms. The zero-order valence-corrected chi connectivity index (χ0v) is 7.16. The Kier molecular flexibility index (Phi) is 3.07. The van der Waals surface area contributed by atoms with Gasteiger partial charge in [-0.3, -0.25) is 0 Å². The summed E-state index contributed by atoms with van der Waals surface area (Å²) >= 11 is 0. The molecule has 1 N–H and O–H groups in total. The lowest BCUT2D eigenvalue weighted by molar-refractivity contribution is -0.132. The Hall–Kier alpha value is -1.79. The number of aliphatic carboxylic acids is 1. The Balaban J connectivity index is 2.80. The molecule has 0 unspecified atom stereocenters. The zero-order chi connectivity index (χ0) is 9.68. The zero-order valence-electron chi connectivity index (χ0n) is 7.16. The molecule has 0 aliphatic heterocycles. The highest BCUT2D eigenvalue weighted by molar-refractivity contribution is 5.86. The lowest BCUT2D eigenvalue weighted by Crippen LogP contribution is -2.02. The van der Waals surface area contributed by atoms with Crippen LogP contribution in [0.15, 0.2) is 48.2 Å². The molecule has 0 fully saturated rings. The smallest absolute Gasteiger partial charge is 0.339 e. The van der Waals surface area contributed by atoms with Crippen molar-refractivity contribution >= 4 is 5.97 Å². The van der Waals surface area contributed by atoms with Crippen molar-refractivity contribution in [3.05, 3.63) is 53.8 Å². The van der Waals surface area contributed by atoms with E-state index in [2.05, 4.69) is 12.3 Å². The van der Waals surface area contributed by atoms with Crippen LogP contribution in [-0.4, -0.2) is 11.1 Å². The van der Waals surface area contributed by atoms with Crippen LogP contribution in [0.5, 0.6) is 0 Å². The van der Waals surface area contributed by atoms with Gasteiger partial charge in [0.15, 0.2) is 0 Å². The molecule has 2 nitrogen and oxygen atoms in total. The van der Waals surface area contributed by atoms with Crippen LogP contribution >= 0.6 is 0 Å². The maximum atomic E-state index is 10.6. The van der Waals surface area contributed by atoms with Crippen molar-refractivity contribution in [1.29, 1.82) is 0 Å². The number of carboxylic acids is 1. The van der Waals surface area contributed by atoms with Gasteiger partial charge < -0.3 is 5.11 Å². The SMILES string of the molecule is C=C=C(Cc1ccccc1)C(=O)O. The van der Waals surface area contributed by atoms with Crippen molar-refractivity contribution in [2.24, 2.45) is 0 Å². The van der Waals surface area contributed by atoms with Crippen molar-refractivity contribution in [3.8, 4) is 0 Å². The van der Waals surface area contributed by atoms with Gasteiger partial charge >= 0.3 is 5.97 Å². The molecule has 0 saturated carbocycles. The largest absolute Gasteiger partial charge is 0.477 e. The predicted octanol–water partition coefficient (Wildman–Crippen LogP) is 2.02. The van der Waals surface area contributed by atoms with E-state index >= 15 is 0 Å². The molecule has 0 radical (unpaired) electrons. The molecular formula is C11H10O2. The maximum Gasteiger partial charge on any atom is 0.339 e. The van der Waals surface area contributed by atoms with Gasteiger partial charge in [0.2, 0.25) is 0 Å². The average Bonchev–Trinajstić information content (AvgIpc) is 2.15. The van der Waals surface area contributed by atoms with Gasteiger partial charge in [0.05, 0.1) is 5.57 Å². The Labute approximate surface area is 76.8 Å². The first kappa shape index (κ1) is 9.30. The van der Waals surface area contributed by atoms with Crippen molar-refractivity contribution in [1.82, 2.24) is 0 Å². The van der Waals surface area contributed by atoms with E-state index in [9.17, 15) is 4.79 Å². The van der Waals surface area contributed by atoms with Crippen LogP contribution in [-0.2, 0) is 11.2 Å². The highest BCUT2D eigenvalue weighted by atomic mass is 16.4. The predicted molar refractivity (Wildman–Crippen MR) is 50.4 cm³/mol. The summed E-state index contributed by atoms with van der Waals surface area (Å²) in [6.07, 6.45) is 0.375. The molecule has 0 amide bonds. The summed E-state index contributed by atoms with van der Waals surface area (Å²) in [5.41, 5.74) is 3.57. The van der Waals surface area contributed by atoms with E-state index in [1.165, 1.54) is 0 Å². The molecule has 0 atom stereocenters. The summed E-state index contributed by atoms with van der Waals surface area (Å²) in [5, 5.41) is 8.70. The van der Waals surface area contributed by atoms with Gasteiger partial charge in [-0.05, 0) is 5.56 Å². The summed E-state index contributed by atoms with van der Waals surface area (Å²) in [5.74, 6) is -0.959. The molecule has 0 aliphatic rings. The molecule has 0 saturated heterocycles. The van der Waals surface area contributed by atoms with E-state index in [0.29, 0.717) is 6.42 Å². The first-order valence-corrected chi connectivity index (χ1v) is 3.90. The normalized spacial score (nSPS) is 8.92. The van der Waals surface area contributed by atoms with Crippen LogP contribution in [0.4, 0.5) is 0 Å². The molecule has 0 aliphatic carbocycles. The topological polar surface area (TPSA) is 37.3 Å². The highest BCUT2D eigenvalue weighted by Crippen LogP contribution is 2.06. The third-order valence-electron chi connectivity index (χ3n) is 1.70. The molecular weight excluding hydrogens is 164 g/mol. The number of carbonyl (C=O) groups is 1. The van der Waals surface area contributed by atoms with Crippen molar-refractivity contribution in [2.75, 3.05) is 0 Å². The van der Waals surface area contributed by atoms with Gasteiger partial charge in [-0.1, -0.05) is 36.9 Å². The molecule has 1 aromatic rings. The molecule has 13 heavy (non-hydrogen) atoms. The monoisotopic (exact) mass is 174 g/mol.